The normalized spacial score (nSPS) is 10.5. The van der Waals surface area contributed by atoms with E-state index in [-0.39, 0.29) is 5.15 Å². The Hall–Kier alpha value is -1.43. The molecule has 82 valence electrons. The van der Waals surface area contributed by atoms with Crippen molar-refractivity contribution in [3.8, 4) is 5.75 Å². The summed E-state index contributed by atoms with van der Waals surface area (Å²) in [4.78, 5) is 14.0. The number of alkyl halides is 2. The van der Waals surface area contributed by atoms with Crippen molar-refractivity contribution in [2.75, 3.05) is 7.11 Å². The first-order valence-electron chi connectivity index (χ1n) is 3.73. The Morgan fingerprint density at radius 1 is 1.67 bits per heavy atom. The van der Waals surface area contributed by atoms with E-state index in [0.717, 1.165) is 13.2 Å². The Morgan fingerprint density at radius 2 is 2.27 bits per heavy atom. The first-order valence-corrected chi connectivity index (χ1v) is 4.11. The second-order valence-electron chi connectivity index (χ2n) is 2.52. The van der Waals surface area contributed by atoms with Gasteiger partial charge in [-0.2, -0.15) is 0 Å². The smallest absolute Gasteiger partial charge is 0.339 e. The lowest BCUT2D eigenvalue weighted by Crippen LogP contribution is -2.06. The fourth-order valence-corrected chi connectivity index (χ4v) is 1.24. The highest BCUT2D eigenvalue weighted by atomic mass is 35.5. The minimum atomic E-state index is -2.95. The number of carboxylic acid groups (broad SMARTS) is 1. The summed E-state index contributed by atoms with van der Waals surface area (Å²) >= 11 is 5.40. The van der Waals surface area contributed by atoms with Gasteiger partial charge in [0.05, 0.1) is 7.11 Å². The monoisotopic (exact) mass is 237 g/mol. The Kier molecular flexibility index (Phi) is 3.41. The maximum atomic E-state index is 12.4. The highest BCUT2D eigenvalue weighted by Gasteiger charge is 2.23. The van der Waals surface area contributed by atoms with Gasteiger partial charge in [-0.3, -0.25) is 0 Å². The maximum absolute atomic E-state index is 12.4. The molecule has 0 spiro atoms. The van der Waals surface area contributed by atoms with Crippen LogP contribution in [0.1, 0.15) is 22.5 Å². The number of aromatic carboxylic acids is 1. The van der Waals surface area contributed by atoms with Crippen molar-refractivity contribution < 1.29 is 23.4 Å². The number of ether oxygens (including phenoxy) is 1. The zero-order valence-electron chi connectivity index (χ0n) is 7.50. The summed E-state index contributed by atoms with van der Waals surface area (Å²) in [5.74, 6) is -1.88. The van der Waals surface area contributed by atoms with Gasteiger partial charge in [-0.25, -0.2) is 18.6 Å². The van der Waals surface area contributed by atoms with Gasteiger partial charge in [0.15, 0.2) is 11.4 Å². The molecular weight excluding hydrogens is 232 g/mol. The lowest BCUT2D eigenvalue weighted by atomic mass is 10.2. The first-order chi connectivity index (χ1) is 6.97. The summed E-state index contributed by atoms with van der Waals surface area (Å²) in [5, 5.41) is 8.40. The predicted octanol–water partition coefficient (Wildman–Crippen LogP) is 2.38. The fourth-order valence-electron chi connectivity index (χ4n) is 1.04. The zero-order valence-corrected chi connectivity index (χ0v) is 8.26. The molecule has 1 N–H and O–H groups in total. The average Bonchev–Trinajstić information content (AvgIpc) is 2.16. The summed E-state index contributed by atoms with van der Waals surface area (Å²) < 4.78 is 29.5. The molecule has 0 radical (unpaired) electrons. The molecule has 0 amide bonds. The fraction of sp³-hybridized carbons (Fsp3) is 0.250. The SMILES string of the molecule is COc1c(C(=O)O)cc(Cl)nc1C(F)F. The van der Waals surface area contributed by atoms with Crippen molar-refractivity contribution in [3.63, 3.8) is 0 Å². The summed E-state index contributed by atoms with van der Waals surface area (Å²) in [5.41, 5.74) is -1.21. The van der Waals surface area contributed by atoms with E-state index in [2.05, 4.69) is 9.72 Å². The molecule has 4 nitrogen and oxygen atoms in total. The molecule has 0 aliphatic carbocycles. The van der Waals surface area contributed by atoms with Crippen molar-refractivity contribution >= 4 is 17.6 Å². The third kappa shape index (κ3) is 2.33. The highest BCUT2D eigenvalue weighted by molar-refractivity contribution is 6.29. The number of methoxy groups -OCH3 is 1. The summed E-state index contributed by atoms with van der Waals surface area (Å²) in [7, 11) is 1.09. The molecule has 0 aliphatic rings. The number of hydrogen-bond acceptors (Lipinski definition) is 3. The van der Waals surface area contributed by atoms with Crippen molar-refractivity contribution in [1.29, 1.82) is 0 Å². The van der Waals surface area contributed by atoms with Crippen molar-refractivity contribution in [2.24, 2.45) is 0 Å². The molecular formula is C8H6ClF2NO3. The van der Waals surface area contributed by atoms with Crippen LogP contribution in [0.3, 0.4) is 0 Å². The van der Waals surface area contributed by atoms with Crippen LogP contribution < -0.4 is 4.74 Å². The van der Waals surface area contributed by atoms with Crippen LogP contribution in [0, 0.1) is 0 Å². The molecule has 0 fully saturated rings. The summed E-state index contributed by atoms with van der Waals surface area (Å²) in [6.45, 7) is 0. The van der Waals surface area contributed by atoms with Crippen molar-refractivity contribution in [2.45, 2.75) is 6.43 Å². The molecule has 0 aliphatic heterocycles. The van der Waals surface area contributed by atoms with Crippen molar-refractivity contribution in [1.82, 2.24) is 4.98 Å². The van der Waals surface area contributed by atoms with Crippen LogP contribution in [0.15, 0.2) is 6.07 Å². The third-order valence-electron chi connectivity index (χ3n) is 1.61. The second-order valence-corrected chi connectivity index (χ2v) is 2.90. The summed E-state index contributed by atoms with van der Waals surface area (Å²) in [6, 6.07) is 0.953. The number of halogens is 3. The average molecular weight is 238 g/mol. The highest BCUT2D eigenvalue weighted by Crippen LogP contribution is 2.32. The third-order valence-corrected chi connectivity index (χ3v) is 1.80. The Balaban J connectivity index is 3.45. The molecule has 0 atom stereocenters. The quantitative estimate of drug-likeness (QED) is 0.820. The van der Waals surface area contributed by atoms with Crippen LogP contribution in [-0.2, 0) is 0 Å². The number of carbonyl (C=O) groups is 1. The molecule has 0 saturated heterocycles. The second kappa shape index (κ2) is 4.39. The number of carboxylic acids is 1. The minimum Gasteiger partial charge on any atom is -0.494 e. The molecule has 0 aromatic carbocycles. The Bertz CT molecular complexity index is 398. The van der Waals surface area contributed by atoms with Gasteiger partial charge in [0, 0.05) is 0 Å². The van der Waals surface area contributed by atoms with Gasteiger partial charge in [-0.1, -0.05) is 11.6 Å². The molecule has 7 heteroatoms. The van der Waals surface area contributed by atoms with Crippen LogP contribution in [0.2, 0.25) is 5.15 Å². The molecule has 15 heavy (non-hydrogen) atoms. The van der Waals surface area contributed by atoms with Gasteiger partial charge < -0.3 is 9.84 Å². The van der Waals surface area contributed by atoms with Gasteiger partial charge in [0.2, 0.25) is 0 Å². The van der Waals surface area contributed by atoms with Gasteiger partial charge in [-0.05, 0) is 6.07 Å². The topological polar surface area (TPSA) is 59.4 Å². The van der Waals surface area contributed by atoms with Crippen LogP contribution in [0.4, 0.5) is 8.78 Å². The van der Waals surface area contributed by atoms with Crippen molar-refractivity contribution in [3.05, 3.63) is 22.5 Å². The number of hydrogen-bond donors (Lipinski definition) is 1. The first kappa shape index (κ1) is 11.6. The van der Waals surface area contributed by atoms with Crippen LogP contribution in [0.25, 0.3) is 0 Å². The number of aromatic nitrogens is 1. The standard InChI is InChI=1S/C8H6ClF2NO3/c1-15-6-3(8(13)14)2-4(9)12-5(6)7(10)11/h2,7H,1H3,(H,13,14). The number of nitrogens with zero attached hydrogens (tertiary/aromatic N) is 1. The lowest BCUT2D eigenvalue weighted by Gasteiger charge is -2.09. The molecule has 0 unspecified atom stereocenters. The van der Waals surface area contributed by atoms with Crippen LogP contribution >= 0.6 is 11.6 Å². The Labute approximate surface area is 88.4 Å². The maximum Gasteiger partial charge on any atom is 0.339 e. The van der Waals surface area contributed by atoms with E-state index in [4.69, 9.17) is 16.7 Å². The van der Waals surface area contributed by atoms with E-state index in [1.165, 1.54) is 0 Å². The van der Waals surface area contributed by atoms with Gasteiger partial charge in [-0.15, -0.1) is 0 Å². The van der Waals surface area contributed by atoms with E-state index < -0.39 is 29.4 Å². The van der Waals surface area contributed by atoms with Crippen LogP contribution in [0.5, 0.6) is 5.75 Å². The molecule has 1 aromatic heterocycles. The Morgan fingerprint density at radius 3 is 2.67 bits per heavy atom. The molecule has 1 rings (SSSR count). The van der Waals surface area contributed by atoms with E-state index in [0.29, 0.717) is 0 Å². The molecule has 0 saturated carbocycles. The molecule has 1 heterocycles. The van der Waals surface area contributed by atoms with E-state index >= 15 is 0 Å². The lowest BCUT2D eigenvalue weighted by molar-refractivity contribution is 0.0691. The van der Waals surface area contributed by atoms with Gasteiger partial charge in [0.1, 0.15) is 10.7 Å². The minimum absolute atomic E-state index is 0.316. The van der Waals surface area contributed by atoms with Gasteiger partial charge in [0.25, 0.3) is 6.43 Å². The molecule has 0 bridgehead atoms. The van der Waals surface area contributed by atoms with E-state index in [1.54, 1.807) is 0 Å². The van der Waals surface area contributed by atoms with E-state index in [9.17, 15) is 13.6 Å². The predicted molar refractivity (Wildman–Crippen MR) is 47.7 cm³/mol. The van der Waals surface area contributed by atoms with Crippen LogP contribution in [-0.4, -0.2) is 23.2 Å². The number of rotatable bonds is 3. The molecule has 1 aromatic rings. The van der Waals surface area contributed by atoms with Gasteiger partial charge >= 0.3 is 5.97 Å². The zero-order chi connectivity index (χ0) is 11.6. The van der Waals surface area contributed by atoms with E-state index in [1.807, 2.05) is 0 Å². The number of pyridine rings is 1. The summed E-state index contributed by atoms with van der Waals surface area (Å²) in [6.07, 6.45) is -2.95. The largest absolute Gasteiger partial charge is 0.494 e.